The van der Waals surface area contributed by atoms with E-state index in [1.165, 1.54) is 49.8 Å². The largest absolute Gasteiger partial charge is 0.493 e. The van der Waals surface area contributed by atoms with Gasteiger partial charge in [-0.1, -0.05) is 6.07 Å². The van der Waals surface area contributed by atoms with E-state index < -0.39 is 10.0 Å². The fourth-order valence-electron chi connectivity index (χ4n) is 2.56. The van der Waals surface area contributed by atoms with Crippen molar-refractivity contribution in [2.75, 3.05) is 24.3 Å². The first-order valence-corrected chi connectivity index (χ1v) is 10.5. The maximum Gasteiger partial charge on any atom is 0.264 e. The average molecular weight is 440 g/mol. The second kappa shape index (κ2) is 9.72. The molecule has 0 unspecified atom stereocenters. The summed E-state index contributed by atoms with van der Waals surface area (Å²) in [5, 5.41) is 2.67. The van der Waals surface area contributed by atoms with Gasteiger partial charge in [0.2, 0.25) is 11.9 Å². The van der Waals surface area contributed by atoms with Crippen molar-refractivity contribution in [1.82, 2.24) is 9.97 Å². The molecule has 1 amide bonds. The molecular formula is C21H20N4O5S. The lowest BCUT2D eigenvalue weighted by molar-refractivity contribution is -0.111. The minimum Gasteiger partial charge on any atom is -0.493 e. The third-order valence-corrected chi connectivity index (χ3v) is 5.40. The number of nitrogens with zero attached hydrogens (tertiary/aromatic N) is 2. The van der Waals surface area contributed by atoms with E-state index in [0.29, 0.717) is 17.2 Å². The van der Waals surface area contributed by atoms with Crippen LogP contribution in [0, 0.1) is 0 Å². The number of sulfonamides is 1. The number of amides is 1. The van der Waals surface area contributed by atoms with E-state index in [4.69, 9.17) is 9.47 Å². The zero-order valence-corrected chi connectivity index (χ0v) is 17.6. The predicted molar refractivity (Wildman–Crippen MR) is 116 cm³/mol. The van der Waals surface area contributed by atoms with Crippen molar-refractivity contribution in [3.63, 3.8) is 0 Å². The van der Waals surface area contributed by atoms with Crippen molar-refractivity contribution in [3.8, 4) is 11.5 Å². The molecule has 0 saturated carbocycles. The number of hydrogen-bond donors (Lipinski definition) is 2. The first-order valence-electron chi connectivity index (χ1n) is 9.02. The van der Waals surface area contributed by atoms with Gasteiger partial charge in [0.05, 0.1) is 19.1 Å². The lowest BCUT2D eigenvalue weighted by Crippen LogP contribution is -2.15. The summed E-state index contributed by atoms with van der Waals surface area (Å²) in [7, 11) is -0.764. The van der Waals surface area contributed by atoms with Gasteiger partial charge in [0.1, 0.15) is 0 Å². The standard InChI is InChI=1S/C21H20N4O5S/c1-29-18-10-4-15(14-19(18)30-2)5-11-20(26)24-16-6-8-17(9-7-16)31(27,28)25-21-22-12-3-13-23-21/h3-14H,1-2H3,(H,24,26)(H,22,23,25)/b11-5+. The molecule has 0 aliphatic carbocycles. The minimum atomic E-state index is -3.84. The molecule has 0 saturated heterocycles. The first kappa shape index (κ1) is 21.8. The average Bonchev–Trinajstić information content (AvgIpc) is 2.78. The van der Waals surface area contributed by atoms with Crippen LogP contribution < -0.4 is 19.5 Å². The van der Waals surface area contributed by atoms with Crippen LogP contribution in [0.2, 0.25) is 0 Å². The van der Waals surface area contributed by atoms with E-state index >= 15 is 0 Å². The van der Waals surface area contributed by atoms with Crippen molar-refractivity contribution in [2.24, 2.45) is 0 Å². The molecule has 10 heteroatoms. The number of methoxy groups -OCH3 is 2. The van der Waals surface area contributed by atoms with E-state index in [1.54, 1.807) is 37.5 Å². The second-order valence-electron chi connectivity index (χ2n) is 6.14. The van der Waals surface area contributed by atoms with E-state index in [9.17, 15) is 13.2 Å². The van der Waals surface area contributed by atoms with Crippen molar-refractivity contribution < 1.29 is 22.7 Å². The van der Waals surface area contributed by atoms with Crippen LogP contribution in [-0.4, -0.2) is 38.5 Å². The summed E-state index contributed by atoms with van der Waals surface area (Å²) < 4.78 is 37.5. The third-order valence-electron chi connectivity index (χ3n) is 4.06. The molecule has 31 heavy (non-hydrogen) atoms. The molecule has 3 rings (SSSR count). The van der Waals surface area contributed by atoms with Crippen LogP contribution >= 0.6 is 0 Å². The number of hydrogen-bond acceptors (Lipinski definition) is 7. The highest BCUT2D eigenvalue weighted by atomic mass is 32.2. The van der Waals surface area contributed by atoms with Gasteiger partial charge in [-0.15, -0.1) is 0 Å². The van der Waals surface area contributed by atoms with Crippen LogP contribution in [0.25, 0.3) is 6.08 Å². The maximum atomic E-state index is 12.4. The van der Waals surface area contributed by atoms with Gasteiger partial charge in [-0.05, 0) is 54.1 Å². The molecule has 0 atom stereocenters. The number of nitrogens with one attached hydrogen (secondary N) is 2. The molecular weight excluding hydrogens is 420 g/mol. The zero-order chi connectivity index (χ0) is 22.3. The predicted octanol–water partition coefficient (Wildman–Crippen LogP) is 2.95. The zero-order valence-electron chi connectivity index (χ0n) is 16.8. The van der Waals surface area contributed by atoms with Crippen LogP contribution in [0.1, 0.15) is 5.56 Å². The van der Waals surface area contributed by atoms with Gasteiger partial charge in [-0.2, -0.15) is 0 Å². The Hall–Kier alpha value is -3.92. The van der Waals surface area contributed by atoms with E-state index in [2.05, 4.69) is 20.0 Å². The van der Waals surface area contributed by atoms with Crippen LogP contribution in [0.4, 0.5) is 11.6 Å². The fraction of sp³-hybridized carbons (Fsp3) is 0.0952. The normalized spacial score (nSPS) is 11.2. The van der Waals surface area contributed by atoms with Crippen molar-refractivity contribution >= 4 is 33.6 Å². The highest BCUT2D eigenvalue weighted by Gasteiger charge is 2.15. The smallest absolute Gasteiger partial charge is 0.264 e. The van der Waals surface area contributed by atoms with Crippen molar-refractivity contribution in [1.29, 1.82) is 0 Å². The summed E-state index contributed by atoms with van der Waals surface area (Å²) >= 11 is 0. The van der Waals surface area contributed by atoms with Gasteiger partial charge >= 0.3 is 0 Å². The van der Waals surface area contributed by atoms with Gasteiger partial charge in [0.15, 0.2) is 11.5 Å². The maximum absolute atomic E-state index is 12.4. The number of aromatic nitrogens is 2. The molecule has 9 nitrogen and oxygen atoms in total. The van der Waals surface area contributed by atoms with Crippen molar-refractivity contribution in [3.05, 3.63) is 72.6 Å². The first-order chi connectivity index (χ1) is 14.9. The van der Waals surface area contributed by atoms with Crippen LogP contribution in [0.15, 0.2) is 71.9 Å². The van der Waals surface area contributed by atoms with E-state index in [1.807, 2.05) is 0 Å². The van der Waals surface area contributed by atoms with Gasteiger partial charge in [0, 0.05) is 24.2 Å². The Kier molecular flexibility index (Phi) is 6.83. The Morgan fingerprint density at radius 1 is 0.968 bits per heavy atom. The summed E-state index contributed by atoms with van der Waals surface area (Å²) in [6.45, 7) is 0. The molecule has 160 valence electrons. The SMILES string of the molecule is COc1ccc(/C=C/C(=O)Nc2ccc(S(=O)(=O)Nc3ncccn3)cc2)cc1OC. The second-order valence-corrected chi connectivity index (χ2v) is 7.82. The number of anilines is 2. The monoisotopic (exact) mass is 440 g/mol. The Morgan fingerprint density at radius 3 is 2.29 bits per heavy atom. The summed E-state index contributed by atoms with van der Waals surface area (Å²) in [5.74, 6) is 0.741. The third kappa shape index (κ3) is 5.80. The van der Waals surface area contributed by atoms with Gasteiger partial charge in [0.25, 0.3) is 10.0 Å². The molecule has 1 heterocycles. The number of carbonyl (C=O) groups is 1. The van der Waals surface area contributed by atoms with Gasteiger partial charge in [-0.25, -0.2) is 23.1 Å². The summed E-state index contributed by atoms with van der Waals surface area (Å²) in [6.07, 6.45) is 5.85. The highest BCUT2D eigenvalue weighted by molar-refractivity contribution is 7.92. The van der Waals surface area contributed by atoms with E-state index in [0.717, 1.165) is 5.56 Å². The Balaban J connectivity index is 1.64. The molecule has 0 aliphatic heterocycles. The van der Waals surface area contributed by atoms with Crippen LogP contribution in [0.3, 0.4) is 0 Å². The van der Waals surface area contributed by atoms with Gasteiger partial charge < -0.3 is 14.8 Å². The van der Waals surface area contributed by atoms with Crippen LogP contribution in [-0.2, 0) is 14.8 Å². The molecule has 3 aromatic rings. The van der Waals surface area contributed by atoms with E-state index in [-0.39, 0.29) is 16.8 Å². The molecule has 0 radical (unpaired) electrons. The number of rotatable bonds is 8. The molecule has 0 spiro atoms. The lowest BCUT2D eigenvalue weighted by atomic mass is 10.2. The highest BCUT2D eigenvalue weighted by Crippen LogP contribution is 2.28. The van der Waals surface area contributed by atoms with Gasteiger partial charge in [-0.3, -0.25) is 4.79 Å². The molecule has 1 aromatic heterocycles. The Labute approximate surface area is 179 Å². The fourth-order valence-corrected chi connectivity index (χ4v) is 3.52. The Morgan fingerprint density at radius 2 is 1.65 bits per heavy atom. The summed E-state index contributed by atoms with van der Waals surface area (Å²) in [4.78, 5) is 19.9. The van der Waals surface area contributed by atoms with Crippen LogP contribution in [0.5, 0.6) is 11.5 Å². The molecule has 0 bridgehead atoms. The molecule has 0 fully saturated rings. The number of carbonyl (C=O) groups excluding carboxylic acids is 1. The molecule has 2 aromatic carbocycles. The number of ether oxygens (including phenoxy) is 2. The summed E-state index contributed by atoms with van der Waals surface area (Å²) in [6, 6.07) is 12.6. The topological polar surface area (TPSA) is 120 Å². The quantitative estimate of drug-likeness (QED) is 0.517. The summed E-state index contributed by atoms with van der Waals surface area (Å²) in [5.41, 5.74) is 1.19. The lowest BCUT2D eigenvalue weighted by Gasteiger charge is -2.08. The number of benzene rings is 2. The molecule has 0 aliphatic rings. The Bertz CT molecular complexity index is 1180. The molecule has 2 N–H and O–H groups in total. The van der Waals surface area contributed by atoms with Crippen molar-refractivity contribution in [2.45, 2.75) is 4.90 Å². The minimum absolute atomic E-state index is 0.0128.